The van der Waals surface area contributed by atoms with Gasteiger partial charge < -0.3 is 15.0 Å². The van der Waals surface area contributed by atoms with E-state index in [1.807, 2.05) is 38.1 Å². The molecule has 0 aliphatic carbocycles. The van der Waals surface area contributed by atoms with Gasteiger partial charge in [-0.3, -0.25) is 4.79 Å². The molecular weight excluding hydrogens is 354 g/mol. The van der Waals surface area contributed by atoms with E-state index in [2.05, 4.69) is 29.8 Å². The molecule has 1 aromatic carbocycles. The van der Waals surface area contributed by atoms with E-state index in [1.54, 1.807) is 0 Å². The van der Waals surface area contributed by atoms with Crippen molar-refractivity contribution in [3.63, 3.8) is 0 Å². The van der Waals surface area contributed by atoms with E-state index < -0.39 is 17.3 Å². The van der Waals surface area contributed by atoms with Gasteiger partial charge in [-0.2, -0.15) is 5.26 Å². The van der Waals surface area contributed by atoms with Crippen LogP contribution in [0.5, 0.6) is 0 Å². The molecule has 0 saturated carbocycles. The molecule has 0 saturated heterocycles. The Balaban J connectivity index is 2.33. The van der Waals surface area contributed by atoms with E-state index in [0.717, 1.165) is 36.7 Å². The number of amides is 1. The summed E-state index contributed by atoms with van der Waals surface area (Å²) in [6.45, 7) is 10.4. The summed E-state index contributed by atoms with van der Waals surface area (Å²) >= 11 is 0. The zero-order chi connectivity index (χ0) is 20.7. The molecular formula is C22H27N3O3. The summed E-state index contributed by atoms with van der Waals surface area (Å²) in [5.74, 6) is -1.01. The number of nitrogens with zero attached hydrogens (tertiary/aromatic N) is 2. The number of esters is 1. The zero-order valence-corrected chi connectivity index (χ0v) is 16.7. The van der Waals surface area contributed by atoms with Crippen LogP contribution in [0.4, 0.5) is 5.69 Å². The van der Waals surface area contributed by atoms with E-state index in [4.69, 9.17) is 4.74 Å². The first-order chi connectivity index (χ1) is 13.4. The van der Waals surface area contributed by atoms with Gasteiger partial charge in [0, 0.05) is 23.7 Å². The van der Waals surface area contributed by atoms with Gasteiger partial charge in [0.15, 0.2) is 0 Å². The number of nitrogens with one attached hydrogen (secondary N) is 1. The molecule has 0 fully saturated rings. The van der Waals surface area contributed by atoms with Crippen LogP contribution in [0.2, 0.25) is 0 Å². The standard InChI is InChI=1S/C22H27N3O3/c1-5-7-13-25-18-11-9-8-10-17(18)22(3,4)20(25)16(15-23)21(27)24-12-14-28-19(26)6-2/h6,8-11H,2,5,7,12-14H2,1,3-4H3,(H,24,27)/b20-16+. The summed E-state index contributed by atoms with van der Waals surface area (Å²) in [5, 5.41) is 12.5. The molecule has 1 aromatic rings. The fourth-order valence-corrected chi connectivity index (χ4v) is 3.49. The van der Waals surface area contributed by atoms with Crippen LogP contribution in [0.25, 0.3) is 0 Å². The van der Waals surface area contributed by atoms with Gasteiger partial charge in [-0.15, -0.1) is 0 Å². The average molecular weight is 381 g/mol. The van der Waals surface area contributed by atoms with Crippen molar-refractivity contribution in [3.05, 3.63) is 53.8 Å². The average Bonchev–Trinajstić information content (AvgIpc) is 2.91. The number of benzene rings is 1. The fraction of sp³-hybridized carbons (Fsp3) is 0.409. The van der Waals surface area contributed by atoms with Crippen molar-refractivity contribution in [2.24, 2.45) is 0 Å². The maximum Gasteiger partial charge on any atom is 0.330 e. The number of hydrogen-bond donors (Lipinski definition) is 1. The lowest BCUT2D eigenvalue weighted by atomic mass is 9.82. The third kappa shape index (κ3) is 4.25. The van der Waals surface area contributed by atoms with Crippen LogP contribution >= 0.6 is 0 Å². The van der Waals surface area contributed by atoms with Crippen molar-refractivity contribution < 1.29 is 14.3 Å². The molecule has 0 radical (unpaired) electrons. The minimum absolute atomic E-state index is 0.0216. The molecule has 0 atom stereocenters. The first-order valence-electron chi connectivity index (χ1n) is 9.47. The molecule has 0 unspecified atom stereocenters. The van der Waals surface area contributed by atoms with Crippen molar-refractivity contribution in [3.8, 4) is 6.07 Å². The van der Waals surface area contributed by atoms with Crippen LogP contribution in [0.15, 0.2) is 48.2 Å². The molecule has 0 bridgehead atoms. The van der Waals surface area contributed by atoms with Crippen LogP contribution < -0.4 is 10.2 Å². The number of hydrogen-bond acceptors (Lipinski definition) is 5. The van der Waals surface area contributed by atoms with Crippen molar-refractivity contribution in [1.82, 2.24) is 5.32 Å². The lowest BCUT2D eigenvalue weighted by molar-refractivity contribution is -0.138. The normalized spacial score (nSPS) is 16.0. The van der Waals surface area contributed by atoms with Gasteiger partial charge in [0.1, 0.15) is 18.2 Å². The number of carbonyl (C=O) groups excluding carboxylic acids is 2. The number of unbranched alkanes of at least 4 members (excludes halogenated alkanes) is 1. The molecule has 2 rings (SSSR count). The third-order valence-electron chi connectivity index (χ3n) is 4.84. The van der Waals surface area contributed by atoms with Crippen LogP contribution in [-0.2, 0) is 19.7 Å². The lowest BCUT2D eigenvalue weighted by Crippen LogP contribution is -2.35. The Labute approximate surface area is 166 Å². The maximum atomic E-state index is 12.8. The van der Waals surface area contributed by atoms with E-state index in [9.17, 15) is 14.9 Å². The minimum atomic E-state index is -0.550. The van der Waals surface area contributed by atoms with Gasteiger partial charge in [-0.25, -0.2) is 4.79 Å². The molecule has 6 heteroatoms. The monoisotopic (exact) mass is 381 g/mol. The summed E-state index contributed by atoms with van der Waals surface area (Å²) in [5.41, 5.74) is 2.47. The van der Waals surface area contributed by atoms with Crippen molar-refractivity contribution in [1.29, 1.82) is 5.26 Å². The SMILES string of the molecule is C=CC(=O)OCCNC(=O)/C(C#N)=C1/N(CCCC)c2ccccc2C1(C)C. The molecule has 1 aliphatic heterocycles. The highest BCUT2D eigenvalue weighted by molar-refractivity contribution is 6.00. The molecule has 1 N–H and O–H groups in total. The minimum Gasteiger partial charge on any atom is -0.461 e. The largest absolute Gasteiger partial charge is 0.461 e. The number of anilines is 1. The van der Waals surface area contributed by atoms with E-state index in [-0.39, 0.29) is 18.7 Å². The summed E-state index contributed by atoms with van der Waals surface area (Å²) < 4.78 is 4.87. The molecule has 1 aliphatic rings. The number of allylic oxidation sites excluding steroid dienone is 1. The summed E-state index contributed by atoms with van der Waals surface area (Å²) in [6, 6.07) is 10.1. The second kappa shape index (κ2) is 9.23. The Bertz CT molecular complexity index is 834. The van der Waals surface area contributed by atoms with E-state index in [1.165, 1.54) is 0 Å². The van der Waals surface area contributed by atoms with Gasteiger partial charge >= 0.3 is 5.97 Å². The fourth-order valence-electron chi connectivity index (χ4n) is 3.49. The first kappa shape index (κ1) is 21.2. The molecule has 0 spiro atoms. The van der Waals surface area contributed by atoms with Gasteiger partial charge in [-0.1, -0.05) is 52.0 Å². The highest BCUT2D eigenvalue weighted by Crippen LogP contribution is 2.48. The van der Waals surface area contributed by atoms with E-state index in [0.29, 0.717) is 5.70 Å². The Morgan fingerprint density at radius 1 is 1.36 bits per heavy atom. The molecule has 6 nitrogen and oxygen atoms in total. The topological polar surface area (TPSA) is 82.4 Å². The van der Waals surface area contributed by atoms with Crippen LogP contribution in [-0.4, -0.2) is 31.6 Å². The predicted octanol–water partition coefficient (Wildman–Crippen LogP) is 3.21. The van der Waals surface area contributed by atoms with Crippen molar-refractivity contribution in [2.45, 2.75) is 39.0 Å². The Kier molecular flexibility index (Phi) is 7.00. The predicted molar refractivity (Wildman–Crippen MR) is 109 cm³/mol. The number of fused-ring (bicyclic) bond motifs is 1. The molecule has 1 amide bonds. The maximum absolute atomic E-state index is 12.8. The zero-order valence-electron chi connectivity index (χ0n) is 16.7. The smallest absolute Gasteiger partial charge is 0.330 e. The Morgan fingerprint density at radius 2 is 2.07 bits per heavy atom. The van der Waals surface area contributed by atoms with Crippen LogP contribution in [0.1, 0.15) is 39.2 Å². The number of carbonyl (C=O) groups is 2. The quantitative estimate of drug-likeness (QED) is 0.324. The van der Waals surface area contributed by atoms with Gasteiger partial charge in [0.05, 0.1) is 12.2 Å². The number of para-hydroxylation sites is 1. The van der Waals surface area contributed by atoms with Gasteiger partial charge in [0.25, 0.3) is 5.91 Å². The summed E-state index contributed by atoms with van der Waals surface area (Å²) in [4.78, 5) is 25.9. The highest BCUT2D eigenvalue weighted by Gasteiger charge is 2.42. The van der Waals surface area contributed by atoms with Crippen molar-refractivity contribution in [2.75, 3.05) is 24.6 Å². The summed E-state index contributed by atoms with van der Waals surface area (Å²) in [6.07, 6.45) is 3.02. The Hall–Kier alpha value is -3.07. The third-order valence-corrected chi connectivity index (χ3v) is 4.84. The number of nitriles is 1. The summed E-state index contributed by atoms with van der Waals surface area (Å²) in [7, 11) is 0. The molecule has 1 heterocycles. The molecule has 28 heavy (non-hydrogen) atoms. The van der Waals surface area contributed by atoms with Crippen LogP contribution in [0.3, 0.4) is 0 Å². The first-order valence-corrected chi connectivity index (χ1v) is 9.47. The van der Waals surface area contributed by atoms with Gasteiger partial charge in [-0.05, 0) is 18.1 Å². The van der Waals surface area contributed by atoms with Gasteiger partial charge in [0.2, 0.25) is 0 Å². The molecule has 0 aromatic heterocycles. The second-order valence-electron chi connectivity index (χ2n) is 7.11. The van der Waals surface area contributed by atoms with Crippen LogP contribution in [0, 0.1) is 11.3 Å². The second-order valence-corrected chi connectivity index (χ2v) is 7.11. The van der Waals surface area contributed by atoms with Crippen molar-refractivity contribution >= 4 is 17.6 Å². The lowest BCUT2D eigenvalue weighted by Gasteiger charge is -2.28. The Morgan fingerprint density at radius 3 is 2.71 bits per heavy atom. The highest BCUT2D eigenvalue weighted by atomic mass is 16.5. The van der Waals surface area contributed by atoms with E-state index >= 15 is 0 Å². The molecule has 148 valence electrons. The number of rotatable bonds is 8. The number of ether oxygens (including phenoxy) is 1.